The van der Waals surface area contributed by atoms with Gasteiger partial charge in [-0.05, 0) is 32.6 Å². The van der Waals surface area contributed by atoms with Crippen LogP contribution in [0.25, 0.3) is 0 Å². The third-order valence-electron chi connectivity index (χ3n) is 4.16. The second-order valence-corrected chi connectivity index (χ2v) is 6.49. The normalized spacial score (nSPS) is 22.4. The van der Waals surface area contributed by atoms with Crippen molar-refractivity contribution in [1.29, 1.82) is 0 Å². The van der Waals surface area contributed by atoms with Crippen molar-refractivity contribution >= 4 is 5.97 Å². The number of halogens is 9. The van der Waals surface area contributed by atoms with E-state index in [2.05, 4.69) is 4.74 Å². The highest BCUT2D eigenvalue weighted by atomic mass is 19.4. The van der Waals surface area contributed by atoms with Crippen LogP contribution in [0.2, 0.25) is 0 Å². The Kier molecular flexibility index (Phi) is 6.22. The van der Waals surface area contributed by atoms with Crippen LogP contribution < -0.4 is 0 Å². The molecule has 0 aromatic carbocycles. The molecular formula is C14H17F9O3. The number of alkyl halides is 9. The van der Waals surface area contributed by atoms with Gasteiger partial charge in [-0.1, -0.05) is 6.42 Å². The van der Waals surface area contributed by atoms with Gasteiger partial charge in [0, 0.05) is 6.42 Å². The smallest absolute Gasteiger partial charge is 0.457 e. The van der Waals surface area contributed by atoms with Gasteiger partial charge in [0.15, 0.2) is 5.60 Å². The molecule has 1 N–H and O–H groups in total. The molecule has 0 aliphatic heterocycles. The summed E-state index contributed by atoms with van der Waals surface area (Å²) in [6.45, 7) is 0.199. The molecule has 0 heterocycles. The van der Waals surface area contributed by atoms with Crippen molar-refractivity contribution < 1.29 is 54.2 Å². The number of carbonyl (C=O) groups excluding carboxylic acids is 1. The van der Waals surface area contributed by atoms with Crippen molar-refractivity contribution in [3.63, 3.8) is 0 Å². The summed E-state index contributed by atoms with van der Waals surface area (Å²) in [5.74, 6) is -8.79. The van der Waals surface area contributed by atoms with E-state index in [9.17, 15) is 49.4 Å². The molecular weight excluding hydrogens is 387 g/mol. The number of aliphatic hydroxyl groups is 1. The molecule has 0 radical (unpaired) electrons. The number of esters is 1. The van der Waals surface area contributed by atoms with Gasteiger partial charge in [0.1, 0.15) is 6.10 Å². The zero-order valence-electron chi connectivity index (χ0n) is 13.5. The zero-order chi connectivity index (χ0) is 20.6. The average molecular weight is 404 g/mol. The molecule has 12 heteroatoms. The number of hydrogen-bond donors (Lipinski definition) is 1. The first-order chi connectivity index (χ1) is 11.5. The Hall–Kier alpha value is -1.20. The molecule has 1 aliphatic carbocycles. The van der Waals surface area contributed by atoms with E-state index >= 15 is 0 Å². The highest BCUT2D eigenvalue weighted by molar-refractivity contribution is 5.79. The quantitative estimate of drug-likeness (QED) is 0.543. The fraction of sp³-hybridized carbons (Fsp3) is 0.929. The molecule has 0 bridgehead atoms. The molecule has 0 aromatic rings. The van der Waals surface area contributed by atoms with Gasteiger partial charge in [0.2, 0.25) is 0 Å². The van der Waals surface area contributed by atoms with Crippen LogP contribution in [-0.4, -0.2) is 46.7 Å². The second kappa shape index (κ2) is 7.08. The summed E-state index contributed by atoms with van der Waals surface area (Å²) >= 11 is 0. The van der Waals surface area contributed by atoms with E-state index in [4.69, 9.17) is 0 Å². The molecule has 1 aliphatic rings. The Morgan fingerprint density at radius 2 is 1.38 bits per heavy atom. The predicted molar refractivity (Wildman–Crippen MR) is 69.1 cm³/mol. The van der Waals surface area contributed by atoms with E-state index in [0.29, 0.717) is 12.8 Å². The minimum absolute atomic E-state index is 0.199. The summed E-state index contributed by atoms with van der Waals surface area (Å²) < 4.78 is 120. The van der Waals surface area contributed by atoms with Crippen molar-refractivity contribution in [2.45, 2.75) is 81.1 Å². The molecule has 26 heavy (non-hydrogen) atoms. The lowest BCUT2D eigenvalue weighted by molar-refractivity contribution is -0.389. The maximum Gasteiger partial charge on any atom is 0.457 e. The molecule has 0 aromatic heterocycles. The van der Waals surface area contributed by atoms with Gasteiger partial charge < -0.3 is 9.84 Å². The molecule has 1 rings (SSSR count). The van der Waals surface area contributed by atoms with Crippen LogP contribution >= 0.6 is 0 Å². The highest BCUT2D eigenvalue weighted by Crippen LogP contribution is 2.55. The summed E-state index contributed by atoms with van der Waals surface area (Å²) in [4.78, 5) is 11.8. The van der Waals surface area contributed by atoms with E-state index in [-0.39, 0.29) is 19.8 Å². The third kappa shape index (κ3) is 4.37. The zero-order valence-corrected chi connectivity index (χ0v) is 13.5. The van der Waals surface area contributed by atoms with Crippen LogP contribution in [0.1, 0.15) is 45.4 Å². The highest BCUT2D eigenvalue weighted by Gasteiger charge is 2.82. The number of hydrogen-bond acceptors (Lipinski definition) is 3. The molecule has 0 amide bonds. The largest absolute Gasteiger partial charge is 0.460 e. The molecule has 1 saturated carbocycles. The lowest BCUT2D eigenvalue weighted by atomic mass is 9.83. The molecule has 2 atom stereocenters. The number of rotatable bonds is 5. The average Bonchev–Trinajstić information content (AvgIpc) is 2.45. The fourth-order valence-corrected chi connectivity index (χ4v) is 2.62. The van der Waals surface area contributed by atoms with Crippen LogP contribution in [-0.2, 0) is 9.53 Å². The SMILES string of the molecule is CC(O)(CC(F)(C(F)(F)F)C(F)(F)C(F)(F)F)C(=O)OC1CCCCC1. The first kappa shape index (κ1) is 22.8. The lowest BCUT2D eigenvalue weighted by Crippen LogP contribution is -2.65. The van der Waals surface area contributed by atoms with Gasteiger partial charge in [0.25, 0.3) is 5.67 Å². The van der Waals surface area contributed by atoms with Crippen LogP contribution in [0.4, 0.5) is 39.5 Å². The Labute approximate surface area is 142 Å². The molecule has 0 saturated heterocycles. The van der Waals surface area contributed by atoms with E-state index in [1.807, 2.05) is 0 Å². The van der Waals surface area contributed by atoms with Crippen LogP contribution in [0, 0.1) is 0 Å². The summed E-state index contributed by atoms with van der Waals surface area (Å²) in [7, 11) is 0. The van der Waals surface area contributed by atoms with Gasteiger partial charge in [-0.3, -0.25) is 0 Å². The van der Waals surface area contributed by atoms with Gasteiger partial charge in [-0.15, -0.1) is 0 Å². The van der Waals surface area contributed by atoms with Crippen LogP contribution in [0.5, 0.6) is 0 Å². The summed E-state index contributed by atoms with van der Waals surface area (Å²) in [5.41, 5.74) is -9.79. The summed E-state index contributed by atoms with van der Waals surface area (Å²) in [6, 6.07) is 0. The van der Waals surface area contributed by atoms with E-state index in [1.54, 1.807) is 0 Å². The van der Waals surface area contributed by atoms with E-state index in [1.165, 1.54) is 0 Å². The Balaban J connectivity index is 3.11. The standard InChI is InChI=1S/C14H17F9O3/c1-10(25,9(24)26-8-5-3-2-4-6-8)7-11(15,13(18,19)20)12(16,17)14(21,22)23/h8,25H,2-7H2,1H3. The van der Waals surface area contributed by atoms with Crippen LogP contribution in [0.3, 0.4) is 0 Å². The lowest BCUT2D eigenvalue weighted by Gasteiger charge is -2.39. The first-order valence-electron chi connectivity index (χ1n) is 7.59. The molecule has 1 fully saturated rings. The molecule has 2 unspecified atom stereocenters. The summed E-state index contributed by atoms with van der Waals surface area (Å²) in [5, 5.41) is 9.73. The van der Waals surface area contributed by atoms with Gasteiger partial charge in [-0.2, -0.15) is 35.1 Å². The van der Waals surface area contributed by atoms with Crippen molar-refractivity contribution in [3.8, 4) is 0 Å². The van der Waals surface area contributed by atoms with Crippen molar-refractivity contribution in [3.05, 3.63) is 0 Å². The summed E-state index contributed by atoms with van der Waals surface area (Å²) in [6.07, 6.45) is -14.8. The minimum Gasteiger partial charge on any atom is -0.460 e. The predicted octanol–water partition coefficient (Wildman–Crippen LogP) is 4.47. The maximum absolute atomic E-state index is 14.0. The fourth-order valence-electron chi connectivity index (χ4n) is 2.62. The third-order valence-corrected chi connectivity index (χ3v) is 4.16. The Morgan fingerprint density at radius 1 is 0.923 bits per heavy atom. The molecule has 3 nitrogen and oxygen atoms in total. The number of ether oxygens (including phenoxy) is 1. The maximum atomic E-state index is 14.0. The topological polar surface area (TPSA) is 46.5 Å². The van der Waals surface area contributed by atoms with Crippen LogP contribution in [0.15, 0.2) is 0 Å². The Bertz CT molecular complexity index is 507. The van der Waals surface area contributed by atoms with Crippen molar-refractivity contribution in [2.24, 2.45) is 0 Å². The number of carbonyl (C=O) groups is 1. The van der Waals surface area contributed by atoms with E-state index < -0.39 is 48.0 Å². The monoisotopic (exact) mass is 404 g/mol. The molecule has 0 spiro atoms. The van der Waals surface area contributed by atoms with Crippen molar-refractivity contribution in [2.75, 3.05) is 0 Å². The molecule has 154 valence electrons. The van der Waals surface area contributed by atoms with Gasteiger partial charge in [0.05, 0.1) is 0 Å². The van der Waals surface area contributed by atoms with E-state index in [0.717, 1.165) is 6.42 Å². The van der Waals surface area contributed by atoms with Gasteiger partial charge in [-0.25, -0.2) is 9.18 Å². The minimum atomic E-state index is -6.90. The Morgan fingerprint density at radius 3 is 1.77 bits per heavy atom. The first-order valence-corrected chi connectivity index (χ1v) is 7.59. The van der Waals surface area contributed by atoms with Gasteiger partial charge >= 0.3 is 24.2 Å². The van der Waals surface area contributed by atoms with Crippen molar-refractivity contribution in [1.82, 2.24) is 0 Å². The second-order valence-electron chi connectivity index (χ2n) is 6.49.